The van der Waals surface area contributed by atoms with Gasteiger partial charge in [-0.3, -0.25) is 9.59 Å². The van der Waals surface area contributed by atoms with Gasteiger partial charge in [0.25, 0.3) is 5.91 Å². The van der Waals surface area contributed by atoms with E-state index in [9.17, 15) is 22.8 Å². The van der Waals surface area contributed by atoms with E-state index in [0.29, 0.717) is 5.57 Å². The summed E-state index contributed by atoms with van der Waals surface area (Å²) in [5.41, 5.74) is 0.285. The minimum Gasteiger partial charge on any atom is -0.348 e. The maximum absolute atomic E-state index is 13.1. The molecule has 1 aromatic heterocycles. The topological polar surface area (TPSA) is 71.1 Å². The number of fused-ring (bicyclic) bond motifs is 1. The van der Waals surface area contributed by atoms with Crippen LogP contribution in [0.2, 0.25) is 0 Å². The highest BCUT2D eigenvalue weighted by Crippen LogP contribution is 2.49. The molecule has 2 N–H and O–H groups in total. The van der Waals surface area contributed by atoms with Crippen LogP contribution in [0.15, 0.2) is 52.2 Å². The SMILES string of the molecule is CC(C)C(=O)Nc1cc(C(=O)NCC2=C(Cl)C(C(F)(F)F)=CC3C=C23)ccn1. The summed E-state index contributed by atoms with van der Waals surface area (Å²) in [6.45, 7) is 3.30. The number of carbonyl (C=O) groups is 2. The van der Waals surface area contributed by atoms with Crippen LogP contribution in [0.4, 0.5) is 19.0 Å². The van der Waals surface area contributed by atoms with Crippen LogP contribution < -0.4 is 10.6 Å². The summed E-state index contributed by atoms with van der Waals surface area (Å²) in [7, 11) is 0. The van der Waals surface area contributed by atoms with Crippen molar-refractivity contribution < 1.29 is 22.8 Å². The van der Waals surface area contributed by atoms with Crippen molar-refractivity contribution in [2.24, 2.45) is 11.8 Å². The molecule has 0 fully saturated rings. The fourth-order valence-electron chi connectivity index (χ4n) is 2.71. The molecule has 0 aliphatic heterocycles. The van der Waals surface area contributed by atoms with E-state index in [1.165, 1.54) is 18.3 Å². The molecule has 2 aliphatic carbocycles. The van der Waals surface area contributed by atoms with Gasteiger partial charge >= 0.3 is 6.18 Å². The number of halogens is 4. The standard InChI is InChI=1S/C19H17ClF3N3O2/c1-9(2)17(27)26-15-7-10(3-4-24-15)18(28)25-8-13-12-5-11(12)6-14(16(13)20)19(21,22)23/h3-7,9,11H,8H2,1-2H3,(H,25,28)(H,24,26,27). The Balaban J connectivity index is 1.70. The quantitative estimate of drug-likeness (QED) is 0.770. The Bertz CT molecular complexity index is 933. The van der Waals surface area contributed by atoms with Gasteiger partial charge in [-0.1, -0.05) is 37.6 Å². The molecular formula is C19H17ClF3N3O2. The lowest BCUT2D eigenvalue weighted by Crippen LogP contribution is -2.28. The number of carbonyl (C=O) groups excluding carboxylic acids is 2. The Morgan fingerprint density at radius 3 is 2.64 bits per heavy atom. The van der Waals surface area contributed by atoms with Crippen molar-refractivity contribution in [1.82, 2.24) is 10.3 Å². The van der Waals surface area contributed by atoms with Crippen LogP contribution in [0, 0.1) is 11.8 Å². The van der Waals surface area contributed by atoms with E-state index in [1.54, 1.807) is 19.9 Å². The number of alkyl halides is 3. The Morgan fingerprint density at radius 2 is 2.00 bits per heavy atom. The number of hydrogen-bond donors (Lipinski definition) is 2. The van der Waals surface area contributed by atoms with Gasteiger partial charge in [0.15, 0.2) is 0 Å². The minimum absolute atomic E-state index is 0.135. The Hall–Kier alpha value is -2.61. The van der Waals surface area contributed by atoms with Gasteiger partial charge < -0.3 is 10.6 Å². The van der Waals surface area contributed by atoms with Crippen LogP contribution in [-0.2, 0) is 4.79 Å². The fraction of sp³-hybridized carbons (Fsp3) is 0.316. The third-order valence-corrected chi connectivity index (χ3v) is 4.77. The van der Waals surface area contributed by atoms with Crippen molar-refractivity contribution in [3.63, 3.8) is 0 Å². The summed E-state index contributed by atoms with van der Waals surface area (Å²) in [6, 6.07) is 2.84. The second-order valence-corrected chi connectivity index (χ2v) is 7.15. The highest BCUT2D eigenvalue weighted by molar-refractivity contribution is 6.33. The van der Waals surface area contributed by atoms with Crippen LogP contribution in [0.3, 0.4) is 0 Å². The lowest BCUT2D eigenvalue weighted by Gasteiger charge is -2.19. The van der Waals surface area contributed by atoms with Gasteiger partial charge in [-0.15, -0.1) is 0 Å². The van der Waals surface area contributed by atoms with E-state index in [0.717, 1.165) is 6.08 Å². The molecule has 0 aromatic carbocycles. The largest absolute Gasteiger partial charge is 0.417 e. The van der Waals surface area contributed by atoms with Crippen molar-refractivity contribution >= 4 is 29.2 Å². The van der Waals surface area contributed by atoms with Gasteiger partial charge in [-0.05, 0) is 23.3 Å². The van der Waals surface area contributed by atoms with Gasteiger partial charge in [-0.2, -0.15) is 13.2 Å². The molecule has 1 heterocycles. The van der Waals surface area contributed by atoms with Crippen LogP contribution >= 0.6 is 11.6 Å². The molecular weight excluding hydrogens is 395 g/mol. The molecule has 1 atom stereocenters. The number of anilines is 1. The highest BCUT2D eigenvalue weighted by Gasteiger charge is 2.43. The van der Waals surface area contributed by atoms with Crippen molar-refractivity contribution in [2.75, 3.05) is 11.9 Å². The zero-order chi connectivity index (χ0) is 20.6. The first kappa shape index (κ1) is 20.1. The molecule has 0 saturated carbocycles. The molecule has 9 heteroatoms. The zero-order valence-electron chi connectivity index (χ0n) is 15.0. The lowest BCUT2D eigenvalue weighted by molar-refractivity contribution is -0.118. The maximum atomic E-state index is 13.1. The van der Waals surface area contributed by atoms with Crippen molar-refractivity contribution in [2.45, 2.75) is 20.0 Å². The second-order valence-electron chi connectivity index (χ2n) is 6.77. The Morgan fingerprint density at radius 1 is 1.29 bits per heavy atom. The van der Waals surface area contributed by atoms with E-state index >= 15 is 0 Å². The van der Waals surface area contributed by atoms with Crippen molar-refractivity contribution in [3.8, 4) is 0 Å². The van der Waals surface area contributed by atoms with Crippen LogP contribution in [0.1, 0.15) is 24.2 Å². The predicted molar refractivity (Wildman–Crippen MR) is 98.6 cm³/mol. The summed E-state index contributed by atoms with van der Waals surface area (Å²) in [4.78, 5) is 28.1. The van der Waals surface area contributed by atoms with Crippen LogP contribution in [0.5, 0.6) is 0 Å². The minimum atomic E-state index is -4.55. The molecule has 2 aliphatic rings. The molecule has 2 amide bonds. The summed E-state index contributed by atoms with van der Waals surface area (Å²) in [6.07, 6.45) is -0.450. The molecule has 28 heavy (non-hydrogen) atoms. The number of hydrogen-bond acceptors (Lipinski definition) is 3. The Kier molecular flexibility index (Phi) is 5.34. The molecule has 0 bridgehead atoms. The monoisotopic (exact) mass is 411 g/mol. The number of pyridine rings is 1. The first-order valence-electron chi connectivity index (χ1n) is 8.53. The predicted octanol–water partition coefficient (Wildman–Crippen LogP) is 3.96. The average molecular weight is 412 g/mol. The number of nitrogens with one attached hydrogen (secondary N) is 2. The van der Waals surface area contributed by atoms with E-state index in [1.807, 2.05) is 0 Å². The molecule has 3 rings (SSSR count). The summed E-state index contributed by atoms with van der Waals surface area (Å²) >= 11 is 5.94. The van der Waals surface area contributed by atoms with Gasteiger partial charge in [0.1, 0.15) is 5.82 Å². The maximum Gasteiger partial charge on any atom is 0.417 e. The first-order valence-corrected chi connectivity index (χ1v) is 8.91. The Labute approximate surface area is 164 Å². The van der Waals surface area contributed by atoms with E-state index in [2.05, 4.69) is 15.6 Å². The van der Waals surface area contributed by atoms with Crippen molar-refractivity contribution in [3.05, 3.63) is 57.8 Å². The second kappa shape index (κ2) is 7.43. The third-order valence-electron chi connectivity index (χ3n) is 4.33. The van der Waals surface area contributed by atoms with Crippen LogP contribution in [0.25, 0.3) is 0 Å². The average Bonchev–Trinajstić information content (AvgIpc) is 3.38. The van der Waals surface area contributed by atoms with E-state index in [4.69, 9.17) is 11.6 Å². The smallest absolute Gasteiger partial charge is 0.348 e. The lowest BCUT2D eigenvalue weighted by atomic mass is 9.98. The highest BCUT2D eigenvalue weighted by atomic mass is 35.5. The summed E-state index contributed by atoms with van der Waals surface area (Å²) in [5.74, 6) is -1.18. The van der Waals surface area contributed by atoms with Gasteiger partial charge in [0.2, 0.25) is 5.91 Å². The van der Waals surface area contributed by atoms with Crippen LogP contribution in [-0.4, -0.2) is 29.5 Å². The first-order chi connectivity index (χ1) is 13.1. The number of rotatable bonds is 5. The molecule has 0 spiro atoms. The molecule has 1 aromatic rings. The molecule has 0 saturated heterocycles. The summed E-state index contributed by atoms with van der Waals surface area (Å²) < 4.78 is 39.3. The number of allylic oxidation sites excluding steroid dienone is 4. The normalized spacial score (nSPS) is 18.3. The molecule has 5 nitrogen and oxygen atoms in total. The molecule has 1 unspecified atom stereocenters. The molecule has 0 radical (unpaired) electrons. The van der Waals surface area contributed by atoms with Gasteiger partial charge in [0.05, 0.1) is 10.6 Å². The van der Waals surface area contributed by atoms with E-state index < -0.39 is 22.7 Å². The van der Waals surface area contributed by atoms with Gasteiger partial charge in [-0.25, -0.2) is 4.98 Å². The van der Waals surface area contributed by atoms with Crippen molar-refractivity contribution in [1.29, 1.82) is 0 Å². The molecule has 148 valence electrons. The summed E-state index contributed by atoms with van der Waals surface area (Å²) in [5, 5.41) is 4.76. The number of amides is 2. The number of aromatic nitrogens is 1. The zero-order valence-corrected chi connectivity index (χ0v) is 15.8. The number of nitrogens with zero attached hydrogens (tertiary/aromatic N) is 1. The van der Waals surface area contributed by atoms with Gasteiger partial charge in [0, 0.05) is 30.1 Å². The third kappa shape index (κ3) is 4.27. The fourth-order valence-corrected chi connectivity index (χ4v) is 3.05. The van der Waals surface area contributed by atoms with E-state index in [-0.39, 0.29) is 41.2 Å².